The van der Waals surface area contributed by atoms with Gasteiger partial charge in [0.05, 0.1) is 0 Å². The van der Waals surface area contributed by atoms with Crippen LogP contribution >= 0.6 is 11.6 Å². The molecule has 144 valence electrons. The predicted octanol–water partition coefficient (Wildman–Crippen LogP) is 4.51. The van der Waals surface area contributed by atoms with E-state index in [0.717, 1.165) is 22.3 Å². The molecular formula is C21H17ClN6O. The molecule has 0 radical (unpaired) electrons. The summed E-state index contributed by atoms with van der Waals surface area (Å²) < 4.78 is 0. The van der Waals surface area contributed by atoms with Gasteiger partial charge in [-0.2, -0.15) is 5.21 Å². The Morgan fingerprint density at radius 3 is 2.34 bits per heavy atom. The van der Waals surface area contributed by atoms with Gasteiger partial charge in [-0.1, -0.05) is 60.1 Å². The van der Waals surface area contributed by atoms with E-state index in [1.54, 1.807) is 24.3 Å². The van der Waals surface area contributed by atoms with Crippen LogP contribution < -0.4 is 10.6 Å². The number of hydrogen-bond acceptors (Lipinski definition) is 4. The summed E-state index contributed by atoms with van der Waals surface area (Å²) in [5, 5.41) is 20.5. The maximum atomic E-state index is 12.1. The Morgan fingerprint density at radius 1 is 0.931 bits per heavy atom. The Balaban J connectivity index is 1.41. The highest BCUT2D eigenvalue weighted by Gasteiger charge is 2.10. The number of amides is 2. The predicted molar refractivity (Wildman–Crippen MR) is 112 cm³/mol. The summed E-state index contributed by atoms with van der Waals surface area (Å²) in [6, 6.07) is 22.5. The van der Waals surface area contributed by atoms with E-state index < -0.39 is 0 Å². The molecule has 1 aromatic heterocycles. The minimum Gasteiger partial charge on any atom is -0.334 e. The largest absolute Gasteiger partial charge is 0.334 e. The van der Waals surface area contributed by atoms with Gasteiger partial charge in [0.25, 0.3) is 0 Å². The number of nitrogens with zero attached hydrogens (tertiary/aromatic N) is 3. The average Bonchev–Trinajstić information content (AvgIpc) is 3.29. The molecule has 0 atom stereocenters. The monoisotopic (exact) mass is 404 g/mol. The molecule has 3 aromatic carbocycles. The molecule has 2 amide bonds. The minimum atomic E-state index is -0.279. The first-order valence-corrected chi connectivity index (χ1v) is 9.29. The molecule has 4 rings (SSSR count). The standard InChI is InChI=1S/C21H17ClN6O/c22-16-9-11-17(12-10-16)24-21(29)23-13-14-5-7-15(8-6-14)18-3-1-2-4-19(18)20-25-27-28-26-20/h1-12H,13H2,(H2,23,24,29)(H,25,26,27,28). The molecule has 0 aliphatic rings. The number of hydrogen-bond donors (Lipinski definition) is 3. The van der Waals surface area contributed by atoms with Crippen molar-refractivity contribution in [2.75, 3.05) is 5.32 Å². The molecule has 1 heterocycles. The molecule has 7 nitrogen and oxygen atoms in total. The molecule has 0 saturated heterocycles. The van der Waals surface area contributed by atoms with E-state index in [-0.39, 0.29) is 6.03 Å². The van der Waals surface area contributed by atoms with Crippen LogP contribution in [0.5, 0.6) is 0 Å². The van der Waals surface area contributed by atoms with Crippen LogP contribution in [-0.2, 0) is 6.54 Å². The van der Waals surface area contributed by atoms with Gasteiger partial charge < -0.3 is 10.6 Å². The fourth-order valence-electron chi connectivity index (χ4n) is 2.90. The number of carbonyl (C=O) groups excluding carboxylic acids is 1. The number of aromatic nitrogens is 4. The van der Waals surface area contributed by atoms with Gasteiger partial charge in [-0.15, -0.1) is 10.2 Å². The lowest BCUT2D eigenvalue weighted by atomic mass is 9.98. The van der Waals surface area contributed by atoms with E-state index in [1.165, 1.54) is 0 Å². The summed E-state index contributed by atoms with van der Waals surface area (Å²) in [4.78, 5) is 12.1. The Hall–Kier alpha value is -3.71. The van der Waals surface area contributed by atoms with Crippen molar-refractivity contribution in [3.63, 3.8) is 0 Å². The van der Waals surface area contributed by atoms with Gasteiger partial charge in [0.2, 0.25) is 5.82 Å². The van der Waals surface area contributed by atoms with Crippen molar-refractivity contribution in [1.82, 2.24) is 25.9 Å². The third kappa shape index (κ3) is 4.59. The van der Waals surface area contributed by atoms with Crippen LogP contribution in [0.2, 0.25) is 5.02 Å². The van der Waals surface area contributed by atoms with Gasteiger partial charge in [-0.05, 0) is 46.2 Å². The van der Waals surface area contributed by atoms with Crippen LogP contribution in [-0.4, -0.2) is 26.7 Å². The second-order valence-corrected chi connectivity index (χ2v) is 6.73. The first-order chi connectivity index (χ1) is 14.2. The average molecular weight is 405 g/mol. The Kier molecular flexibility index (Phi) is 5.49. The van der Waals surface area contributed by atoms with E-state index in [1.807, 2.05) is 48.5 Å². The summed E-state index contributed by atoms with van der Waals surface area (Å²) in [7, 11) is 0. The number of tetrazole rings is 1. The molecule has 3 N–H and O–H groups in total. The number of rotatable bonds is 5. The lowest BCUT2D eigenvalue weighted by Crippen LogP contribution is -2.28. The van der Waals surface area contributed by atoms with Crippen molar-refractivity contribution >= 4 is 23.3 Å². The highest BCUT2D eigenvalue weighted by molar-refractivity contribution is 6.30. The van der Waals surface area contributed by atoms with Crippen molar-refractivity contribution in [2.45, 2.75) is 6.54 Å². The molecule has 0 fully saturated rings. The third-order valence-corrected chi connectivity index (χ3v) is 4.59. The zero-order valence-electron chi connectivity index (χ0n) is 15.3. The number of urea groups is 1. The molecule has 0 saturated carbocycles. The highest BCUT2D eigenvalue weighted by atomic mass is 35.5. The normalized spacial score (nSPS) is 10.5. The Labute approximate surface area is 172 Å². The molecule has 4 aromatic rings. The van der Waals surface area contributed by atoms with E-state index in [2.05, 4.69) is 31.3 Å². The van der Waals surface area contributed by atoms with Crippen molar-refractivity contribution < 1.29 is 4.79 Å². The number of H-pyrrole nitrogens is 1. The summed E-state index contributed by atoms with van der Waals surface area (Å²) in [6.45, 7) is 0.409. The number of halogens is 1. The summed E-state index contributed by atoms with van der Waals surface area (Å²) in [5.74, 6) is 0.546. The van der Waals surface area contributed by atoms with Crippen LogP contribution in [0.1, 0.15) is 5.56 Å². The second-order valence-electron chi connectivity index (χ2n) is 6.29. The van der Waals surface area contributed by atoms with Crippen LogP contribution in [0.15, 0.2) is 72.8 Å². The zero-order valence-corrected chi connectivity index (χ0v) is 16.0. The number of anilines is 1. The van der Waals surface area contributed by atoms with Gasteiger partial charge in [0.1, 0.15) is 0 Å². The van der Waals surface area contributed by atoms with E-state index in [0.29, 0.717) is 23.1 Å². The van der Waals surface area contributed by atoms with Gasteiger partial charge in [-0.25, -0.2) is 4.79 Å². The van der Waals surface area contributed by atoms with E-state index in [4.69, 9.17) is 11.6 Å². The maximum absolute atomic E-state index is 12.1. The summed E-state index contributed by atoms with van der Waals surface area (Å²) in [5.41, 5.74) is 4.60. The smallest absolute Gasteiger partial charge is 0.319 e. The van der Waals surface area contributed by atoms with Crippen molar-refractivity contribution in [3.8, 4) is 22.5 Å². The quantitative estimate of drug-likeness (QED) is 0.456. The van der Waals surface area contributed by atoms with Gasteiger partial charge in [-0.3, -0.25) is 0 Å². The van der Waals surface area contributed by atoms with E-state index >= 15 is 0 Å². The number of benzene rings is 3. The summed E-state index contributed by atoms with van der Waals surface area (Å²) >= 11 is 5.85. The van der Waals surface area contributed by atoms with Crippen molar-refractivity contribution in [2.24, 2.45) is 0 Å². The Bertz CT molecular complexity index is 1090. The lowest BCUT2D eigenvalue weighted by Gasteiger charge is -2.10. The van der Waals surface area contributed by atoms with Crippen LogP contribution in [0.3, 0.4) is 0 Å². The van der Waals surface area contributed by atoms with Crippen LogP contribution in [0.25, 0.3) is 22.5 Å². The topological polar surface area (TPSA) is 95.6 Å². The molecule has 0 aliphatic carbocycles. The fraction of sp³-hybridized carbons (Fsp3) is 0.0476. The minimum absolute atomic E-state index is 0.279. The number of aromatic amines is 1. The molecular weight excluding hydrogens is 388 g/mol. The number of nitrogens with one attached hydrogen (secondary N) is 3. The Morgan fingerprint density at radius 2 is 1.66 bits per heavy atom. The van der Waals surface area contributed by atoms with E-state index in [9.17, 15) is 4.79 Å². The lowest BCUT2D eigenvalue weighted by molar-refractivity contribution is 0.251. The number of carbonyl (C=O) groups is 1. The van der Waals surface area contributed by atoms with Gasteiger partial charge >= 0.3 is 6.03 Å². The molecule has 0 aliphatic heterocycles. The third-order valence-electron chi connectivity index (χ3n) is 4.33. The fourth-order valence-corrected chi connectivity index (χ4v) is 3.02. The van der Waals surface area contributed by atoms with Crippen molar-refractivity contribution in [3.05, 3.63) is 83.4 Å². The van der Waals surface area contributed by atoms with Gasteiger partial charge in [0.15, 0.2) is 0 Å². The molecule has 0 unspecified atom stereocenters. The SMILES string of the molecule is O=C(NCc1ccc(-c2ccccc2-c2nn[nH]n2)cc1)Nc1ccc(Cl)cc1. The summed E-state index contributed by atoms with van der Waals surface area (Å²) in [6.07, 6.45) is 0. The highest BCUT2D eigenvalue weighted by Crippen LogP contribution is 2.29. The van der Waals surface area contributed by atoms with Crippen LogP contribution in [0.4, 0.5) is 10.5 Å². The van der Waals surface area contributed by atoms with Crippen molar-refractivity contribution in [1.29, 1.82) is 0 Å². The molecule has 8 heteroatoms. The zero-order chi connectivity index (χ0) is 20.1. The first-order valence-electron chi connectivity index (χ1n) is 8.91. The maximum Gasteiger partial charge on any atom is 0.319 e. The first kappa shape index (κ1) is 18.6. The molecule has 0 spiro atoms. The molecule has 29 heavy (non-hydrogen) atoms. The molecule has 0 bridgehead atoms. The van der Waals surface area contributed by atoms with Gasteiger partial charge in [0, 0.05) is 22.8 Å². The van der Waals surface area contributed by atoms with Crippen LogP contribution in [0, 0.1) is 0 Å². The second kappa shape index (κ2) is 8.53.